The van der Waals surface area contributed by atoms with Gasteiger partial charge in [-0.3, -0.25) is 10.1 Å². The quantitative estimate of drug-likeness (QED) is 0.464. The lowest BCUT2D eigenvalue weighted by molar-refractivity contribution is 0.102. The predicted octanol–water partition coefficient (Wildman–Crippen LogP) is 4.60. The number of carbonyl (C=O) groups is 1. The standard InChI is InChI=1S/C22H17N5O2S/c1-13-16(12-23-27(13)20-10-7-14-5-3-4-6-17(14)24-20)21(28)26-22-25-18-9-8-15(29-2)11-19(18)30-22/h3-12H,1-2H3,(H,25,26,28). The van der Waals surface area contributed by atoms with Gasteiger partial charge < -0.3 is 4.74 Å². The van der Waals surface area contributed by atoms with Gasteiger partial charge in [-0.25, -0.2) is 14.6 Å². The van der Waals surface area contributed by atoms with Crippen molar-refractivity contribution in [2.24, 2.45) is 0 Å². The second-order valence-electron chi connectivity index (χ2n) is 6.72. The van der Waals surface area contributed by atoms with E-state index >= 15 is 0 Å². The highest BCUT2D eigenvalue weighted by Crippen LogP contribution is 2.29. The summed E-state index contributed by atoms with van der Waals surface area (Å²) in [6.45, 7) is 1.85. The molecule has 0 saturated carbocycles. The first-order valence-electron chi connectivity index (χ1n) is 9.29. The van der Waals surface area contributed by atoms with Crippen LogP contribution in [-0.2, 0) is 0 Å². The number of nitrogens with one attached hydrogen (secondary N) is 1. The number of aromatic nitrogens is 4. The van der Waals surface area contributed by atoms with Crippen LogP contribution in [0.4, 0.5) is 5.13 Å². The summed E-state index contributed by atoms with van der Waals surface area (Å²) in [5, 5.41) is 8.83. The zero-order chi connectivity index (χ0) is 20.7. The molecule has 7 nitrogen and oxygen atoms in total. The van der Waals surface area contributed by atoms with Crippen LogP contribution in [0.5, 0.6) is 5.75 Å². The minimum Gasteiger partial charge on any atom is -0.497 e. The van der Waals surface area contributed by atoms with Crippen LogP contribution in [0.3, 0.4) is 0 Å². The molecule has 0 fully saturated rings. The lowest BCUT2D eigenvalue weighted by Gasteiger charge is -2.06. The highest BCUT2D eigenvalue weighted by Gasteiger charge is 2.17. The van der Waals surface area contributed by atoms with Crippen molar-refractivity contribution in [3.63, 3.8) is 0 Å². The monoisotopic (exact) mass is 415 g/mol. The number of ether oxygens (including phenoxy) is 1. The Labute approximate surface area is 176 Å². The summed E-state index contributed by atoms with van der Waals surface area (Å²) < 4.78 is 7.86. The number of anilines is 1. The summed E-state index contributed by atoms with van der Waals surface area (Å²) in [6, 6.07) is 17.4. The van der Waals surface area contributed by atoms with Crippen LogP contribution in [0.25, 0.3) is 26.9 Å². The predicted molar refractivity (Wildman–Crippen MR) is 118 cm³/mol. The maximum Gasteiger partial charge on any atom is 0.260 e. The van der Waals surface area contributed by atoms with E-state index in [1.807, 2.05) is 61.5 Å². The number of thiazole rings is 1. The third-order valence-corrected chi connectivity index (χ3v) is 5.80. The number of rotatable bonds is 4. The van der Waals surface area contributed by atoms with Gasteiger partial charge in [-0.1, -0.05) is 29.5 Å². The fourth-order valence-corrected chi connectivity index (χ4v) is 4.18. The van der Waals surface area contributed by atoms with Gasteiger partial charge in [-0.05, 0) is 43.3 Å². The van der Waals surface area contributed by atoms with E-state index in [9.17, 15) is 4.79 Å². The normalized spacial score (nSPS) is 11.1. The molecule has 0 bridgehead atoms. The molecule has 0 aliphatic rings. The molecule has 0 radical (unpaired) electrons. The van der Waals surface area contributed by atoms with Crippen molar-refractivity contribution >= 4 is 43.5 Å². The lowest BCUT2D eigenvalue weighted by Crippen LogP contribution is -2.13. The lowest BCUT2D eigenvalue weighted by atomic mass is 10.2. The zero-order valence-electron chi connectivity index (χ0n) is 16.3. The van der Waals surface area contributed by atoms with Crippen LogP contribution >= 0.6 is 11.3 Å². The highest BCUT2D eigenvalue weighted by atomic mass is 32.1. The van der Waals surface area contributed by atoms with Crippen molar-refractivity contribution in [1.82, 2.24) is 19.7 Å². The molecule has 3 heterocycles. The van der Waals surface area contributed by atoms with Crippen LogP contribution in [0.2, 0.25) is 0 Å². The van der Waals surface area contributed by atoms with Gasteiger partial charge in [-0.15, -0.1) is 0 Å². The molecule has 0 saturated heterocycles. The molecule has 0 spiro atoms. The number of amides is 1. The molecule has 8 heteroatoms. The third-order valence-electron chi connectivity index (χ3n) is 4.87. The Bertz CT molecular complexity index is 1410. The maximum absolute atomic E-state index is 12.8. The minimum absolute atomic E-state index is 0.259. The topological polar surface area (TPSA) is 81.9 Å². The Morgan fingerprint density at radius 1 is 1.07 bits per heavy atom. The number of carbonyl (C=O) groups excluding carboxylic acids is 1. The molecule has 148 valence electrons. The Balaban J connectivity index is 1.43. The summed E-state index contributed by atoms with van der Waals surface area (Å²) in [6.07, 6.45) is 1.55. The Morgan fingerprint density at radius 3 is 2.80 bits per heavy atom. The van der Waals surface area contributed by atoms with Crippen molar-refractivity contribution in [3.05, 3.63) is 72.1 Å². The molecule has 0 unspecified atom stereocenters. The van der Waals surface area contributed by atoms with Gasteiger partial charge in [0.15, 0.2) is 10.9 Å². The number of hydrogen-bond acceptors (Lipinski definition) is 6. The van der Waals surface area contributed by atoms with Crippen molar-refractivity contribution in [1.29, 1.82) is 0 Å². The number of pyridine rings is 1. The van der Waals surface area contributed by atoms with E-state index in [-0.39, 0.29) is 5.91 Å². The van der Waals surface area contributed by atoms with E-state index in [0.29, 0.717) is 22.2 Å². The molecule has 1 amide bonds. The molecule has 1 N–H and O–H groups in total. The molecule has 5 aromatic rings. The highest BCUT2D eigenvalue weighted by molar-refractivity contribution is 7.22. The SMILES string of the molecule is COc1ccc2nc(NC(=O)c3cnn(-c4ccc5ccccc5n4)c3C)sc2c1. The van der Waals surface area contributed by atoms with Crippen LogP contribution in [0.1, 0.15) is 16.1 Å². The molecule has 0 aliphatic carbocycles. The molecule has 2 aromatic carbocycles. The average Bonchev–Trinajstić information content (AvgIpc) is 3.35. The van der Waals surface area contributed by atoms with Crippen LogP contribution in [-0.4, -0.2) is 32.8 Å². The zero-order valence-corrected chi connectivity index (χ0v) is 17.1. The smallest absolute Gasteiger partial charge is 0.260 e. The van der Waals surface area contributed by atoms with Crippen LogP contribution in [0.15, 0.2) is 60.8 Å². The number of para-hydroxylation sites is 1. The third kappa shape index (κ3) is 3.17. The first kappa shape index (κ1) is 18.3. The van der Waals surface area contributed by atoms with E-state index in [1.54, 1.807) is 18.0 Å². The van der Waals surface area contributed by atoms with Gasteiger partial charge >= 0.3 is 0 Å². The van der Waals surface area contributed by atoms with Crippen molar-refractivity contribution in [2.45, 2.75) is 6.92 Å². The van der Waals surface area contributed by atoms with Gasteiger partial charge in [0.05, 0.1) is 40.3 Å². The summed E-state index contributed by atoms with van der Waals surface area (Å²) in [5.74, 6) is 1.16. The van der Waals surface area contributed by atoms with Gasteiger partial charge in [0.25, 0.3) is 5.91 Å². The largest absolute Gasteiger partial charge is 0.497 e. The van der Waals surface area contributed by atoms with E-state index in [1.165, 1.54) is 11.3 Å². The fourth-order valence-electron chi connectivity index (χ4n) is 3.29. The van der Waals surface area contributed by atoms with Gasteiger partial charge in [0.2, 0.25) is 0 Å². The molecular formula is C22H17N5O2S. The molecular weight excluding hydrogens is 398 g/mol. The van der Waals surface area contributed by atoms with E-state index in [2.05, 4.69) is 20.4 Å². The minimum atomic E-state index is -0.259. The second-order valence-corrected chi connectivity index (χ2v) is 7.76. The van der Waals surface area contributed by atoms with Gasteiger partial charge in [0, 0.05) is 5.39 Å². The summed E-state index contributed by atoms with van der Waals surface area (Å²) in [7, 11) is 1.62. The Hall–Kier alpha value is -3.78. The first-order chi connectivity index (χ1) is 14.6. The molecule has 5 rings (SSSR count). The van der Waals surface area contributed by atoms with E-state index < -0.39 is 0 Å². The number of methoxy groups -OCH3 is 1. The molecule has 0 atom stereocenters. The average molecular weight is 415 g/mol. The second kappa shape index (κ2) is 7.23. The maximum atomic E-state index is 12.8. The van der Waals surface area contributed by atoms with Gasteiger partial charge in [0.1, 0.15) is 5.75 Å². The molecule has 3 aromatic heterocycles. The Morgan fingerprint density at radius 2 is 1.93 bits per heavy atom. The van der Waals surface area contributed by atoms with E-state index in [4.69, 9.17) is 4.74 Å². The van der Waals surface area contributed by atoms with Crippen molar-refractivity contribution in [3.8, 4) is 11.6 Å². The van der Waals surface area contributed by atoms with Gasteiger partial charge in [-0.2, -0.15) is 5.10 Å². The summed E-state index contributed by atoms with van der Waals surface area (Å²) >= 11 is 1.40. The summed E-state index contributed by atoms with van der Waals surface area (Å²) in [5.41, 5.74) is 2.87. The first-order valence-corrected chi connectivity index (χ1v) is 10.1. The van der Waals surface area contributed by atoms with E-state index in [0.717, 1.165) is 26.9 Å². The van der Waals surface area contributed by atoms with Crippen molar-refractivity contribution < 1.29 is 9.53 Å². The number of fused-ring (bicyclic) bond motifs is 2. The van der Waals surface area contributed by atoms with Crippen molar-refractivity contribution in [2.75, 3.05) is 12.4 Å². The van der Waals surface area contributed by atoms with Crippen LogP contribution < -0.4 is 10.1 Å². The number of benzene rings is 2. The summed E-state index contributed by atoms with van der Waals surface area (Å²) in [4.78, 5) is 22.0. The van der Waals surface area contributed by atoms with Crippen LogP contribution in [0, 0.1) is 6.92 Å². The fraction of sp³-hybridized carbons (Fsp3) is 0.0909. The molecule has 0 aliphatic heterocycles. The number of hydrogen-bond donors (Lipinski definition) is 1. The Kier molecular flexibility index (Phi) is 4.40. The number of nitrogens with zero attached hydrogens (tertiary/aromatic N) is 4. The molecule has 30 heavy (non-hydrogen) atoms.